The first-order valence-electron chi connectivity index (χ1n) is 9.89. The number of piperidine rings is 1. The number of nitrogens with one attached hydrogen (secondary N) is 2. The number of rotatable bonds is 4. The molecule has 1 aromatic heterocycles. The molecule has 2 saturated heterocycles. The van der Waals surface area contributed by atoms with Crippen molar-refractivity contribution in [3.8, 4) is 0 Å². The van der Waals surface area contributed by atoms with Gasteiger partial charge in [0.1, 0.15) is 0 Å². The maximum atomic E-state index is 12.7. The molecular formula is C21H26N4O3. The lowest BCUT2D eigenvalue weighted by Crippen LogP contribution is -2.46. The molecule has 1 aromatic carbocycles. The minimum absolute atomic E-state index is 0.0585. The summed E-state index contributed by atoms with van der Waals surface area (Å²) in [6.07, 6.45) is 4.01. The van der Waals surface area contributed by atoms with E-state index < -0.39 is 0 Å². The van der Waals surface area contributed by atoms with Crippen molar-refractivity contribution in [2.24, 2.45) is 0 Å². The molecule has 0 radical (unpaired) electrons. The summed E-state index contributed by atoms with van der Waals surface area (Å²) in [6, 6.07) is 7.73. The Bertz CT molecular complexity index is 832. The van der Waals surface area contributed by atoms with E-state index in [0.717, 1.165) is 42.7 Å². The number of hydrogen-bond donors (Lipinski definition) is 2. The lowest BCUT2D eigenvalue weighted by Gasteiger charge is -2.32. The Kier molecular flexibility index (Phi) is 5.43. The molecule has 0 spiro atoms. The van der Waals surface area contributed by atoms with Crippen molar-refractivity contribution >= 4 is 11.8 Å². The van der Waals surface area contributed by atoms with Gasteiger partial charge >= 0.3 is 0 Å². The average molecular weight is 382 g/mol. The van der Waals surface area contributed by atoms with Crippen LogP contribution in [0.3, 0.4) is 0 Å². The number of hydrogen-bond acceptors (Lipinski definition) is 4. The normalized spacial score (nSPS) is 20.3. The van der Waals surface area contributed by atoms with Gasteiger partial charge in [0.25, 0.3) is 11.8 Å². The predicted molar refractivity (Wildman–Crippen MR) is 104 cm³/mol. The summed E-state index contributed by atoms with van der Waals surface area (Å²) < 4.78 is 5.43. The van der Waals surface area contributed by atoms with Crippen molar-refractivity contribution in [1.29, 1.82) is 0 Å². The van der Waals surface area contributed by atoms with E-state index in [2.05, 4.69) is 15.5 Å². The molecule has 0 bridgehead atoms. The van der Waals surface area contributed by atoms with Crippen LogP contribution in [0.2, 0.25) is 0 Å². The van der Waals surface area contributed by atoms with E-state index in [9.17, 15) is 9.59 Å². The molecule has 28 heavy (non-hydrogen) atoms. The number of carbonyl (C=O) groups excluding carboxylic acids is 2. The Hall–Kier alpha value is -2.67. The maximum Gasteiger partial charge on any atom is 0.254 e. The van der Waals surface area contributed by atoms with Crippen LogP contribution in [-0.2, 0) is 4.74 Å². The smallest absolute Gasteiger partial charge is 0.254 e. The second-order valence-electron chi connectivity index (χ2n) is 7.66. The van der Waals surface area contributed by atoms with Crippen molar-refractivity contribution in [2.45, 2.75) is 38.1 Å². The second-order valence-corrected chi connectivity index (χ2v) is 7.66. The highest BCUT2D eigenvalue weighted by Crippen LogP contribution is 2.26. The molecule has 4 rings (SSSR count). The molecule has 7 nitrogen and oxygen atoms in total. The number of H-pyrrole nitrogens is 1. The Morgan fingerprint density at radius 3 is 2.61 bits per heavy atom. The first-order valence-corrected chi connectivity index (χ1v) is 9.89. The third-order valence-electron chi connectivity index (χ3n) is 5.67. The average Bonchev–Trinajstić information content (AvgIpc) is 3.40. The summed E-state index contributed by atoms with van der Waals surface area (Å²) in [5, 5.41) is 10.1. The minimum Gasteiger partial charge on any atom is -0.381 e. The van der Waals surface area contributed by atoms with Gasteiger partial charge in [-0.05, 0) is 38.3 Å². The summed E-state index contributed by atoms with van der Waals surface area (Å²) in [6.45, 7) is 4.65. The van der Waals surface area contributed by atoms with Gasteiger partial charge in [-0.2, -0.15) is 5.10 Å². The lowest BCUT2D eigenvalue weighted by atomic mass is 9.99. The van der Waals surface area contributed by atoms with E-state index in [1.54, 1.807) is 6.20 Å². The summed E-state index contributed by atoms with van der Waals surface area (Å²) in [4.78, 5) is 27.2. The first-order chi connectivity index (χ1) is 13.6. The molecule has 2 aromatic rings. The van der Waals surface area contributed by atoms with Crippen LogP contribution in [-0.4, -0.2) is 59.3 Å². The minimum atomic E-state index is -0.0982. The maximum absolute atomic E-state index is 12.7. The van der Waals surface area contributed by atoms with Crippen LogP contribution in [0, 0.1) is 6.92 Å². The fourth-order valence-electron chi connectivity index (χ4n) is 3.92. The number of likely N-dealkylation sites (tertiary alicyclic amines) is 1. The molecule has 3 heterocycles. The molecule has 2 fully saturated rings. The van der Waals surface area contributed by atoms with E-state index in [4.69, 9.17) is 4.74 Å². The number of aromatic nitrogens is 2. The van der Waals surface area contributed by atoms with Gasteiger partial charge in [-0.15, -0.1) is 0 Å². The number of amides is 2. The van der Waals surface area contributed by atoms with Gasteiger partial charge in [-0.1, -0.05) is 17.7 Å². The van der Waals surface area contributed by atoms with Gasteiger partial charge in [0.2, 0.25) is 0 Å². The van der Waals surface area contributed by atoms with Crippen molar-refractivity contribution < 1.29 is 14.3 Å². The fraction of sp³-hybridized carbons (Fsp3) is 0.476. The summed E-state index contributed by atoms with van der Waals surface area (Å²) in [5.41, 5.74) is 3.33. The molecule has 1 unspecified atom stereocenters. The number of aromatic amines is 1. The Morgan fingerprint density at radius 2 is 1.93 bits per heavy atom. The number of aryl methyl sites for hydroxylation is 1. The molecule has 1 atom stereocenters. The molecule has 0 saturated carbocycles. The quantitative estimate of drug-likeness (QED) is 0.849. The summed E-state index contributed by atoms with van der Waals surface area (Å²) in [5.74, 6) is 0.166. The zero-order chi connectivity index (χ0) is 19.5. The van der Waals surface area contributed by atoms with Crippen LogP contribution in [0.1, 0.15) is 57.2 Å². The highest BCUT2D eigenvalue weighted by atomic mass is 16.5. The van der Waals surface area contributed by atoms with E-state index in [0.29, 0.717) is 25.3 Å². The third-order valence-corrected chi connectivity index (χ3v) is 5.67. The molecule has 2 N–H and O–H groups in total. The van der Waals surface area contributed by atoms with Gasteiger partial charge < -0.3 is 15.0 Å². The van der Waals surface area contributed by atoms with Gasteiger partial charge in [0.05, 0.1) is 24.1 Å². The standard InChI is InChI=1S/C21H26N4O3/c1-14-2-4-15(5-3-14)21(27)25-9-6-17(7-10-25)23-20(26)18-12-22-24-19(18)16-8-11-28-13-16/h2-5,12,16-17H,6-11,13H2,1H3,(H,22,24)(H,23,26). The number of carbonyl (C=O) groups is 2. The third kappa shape index (κ3) is 3.94. The van der Waals surface area contributed by atoms with Crippen LogP contribution in [0.4, 0.5) is 0 Å². The van der Waals surface area contributed by atoms with E-state index in [-0.39, 0.29) is 23.8 Å². The topological polar surface area (TPSA) is 87.3 Å². The molecule has 0 aliphatic carbocycles. The molecule has 2 amide bonds. The van der Waals surface area contributed by atoms with Crippen LogP contribution >= 0.6 is 0 Å². The molecule has 148 valence electrons. The van der Waals surface area contributed by atoms with Gasteiger partial charge in [0.15, 0.2) is 0 Å². The van der Waals surface area contributed by atoms with Crippen molar-refractivity contribution in [3.05, 3.63) is 52.8 Å². The van der Waals surface area contributed by atoms with Crippen molar-refractivity contribution in [1.82, 2.24) is 20.4 Å². The number of ether oxygens (including phenoxy) is 1. The van der Waals surface area contributed by atoms with Crippen LogP contribution < -0.4 is 5.32 Å². The zero-order valence-corrected chi connectivity index (χ0v) is 16.1. The van der Waals surface area contributed by atoms with Crippen LogP contribution in [0.5, 0.6) is 0 Å². The molecule has 7 heteroatoms. The van der Waals surface area contributed by atoms with Gasteiger partial charge in [0, 0.05) is 37.2 Å². The van der Waals surface area contributed by atoms with Crippen LogP contribution in [0.25, 0.3) is 0 Å². The highest BCUT2D eigenvalue weighted by Gasteiger charge is 2.28. The van der Waals surface area contributed by atoms with E-state index in [1.165, 1.54) is 0 Å². The molecule has 2 aliphatic heterocycles. The highest BCUT2D eigenvalue weighted by molar-refractivity contribution is 5.96. The second kappa shape index (κ2) is 8.14. The zero-order valence-electron chi connectivity index (χ0n) is 16.1. The Morgan fingerprint density at radius 1 is 1.18 bits per heavy atom. The summed E-state index contributed by atoms with van der Waals surface area (Å²) >= 11 is 0. The first kappa shape index (κ1) is 18.7. The predicted octanol–water partition coefficient (Wildman–Crippen LogP) is 2.26. The Labute approximate surface area is 164 Å². The number of benzene rings is 1. The van der Waals surface area contributed by atoms with Crippen LogP contribution in [0.15, 0.2) is 30.5 Å². The fourth-order valence-corrected chi connectivity index (χ4v) is 3.92. The van der Waals surface area contributed by atoms with Crippen molar-refractivity contribution in [3.63, 3.8) is 0 Å². The van der Waals surface area contributed by atoms with Gasteiger partial charge in [-0.3, -0.25) is 14.7 Å². The molecular weight excluding hydrogens is 356 g/mol. The monoisotopic (exact) mass is 382 g/mol. The summed E-state index contributed by atoms with van der Waals surface area (Å²) in [7, 11) is 0. The number of nitrogens with zero attached hydrogens (tertiary/aromatic N) is 2. The van der Waals surface area contributed by atoms with E-state index >= 15 is 0 Å². The molecule has 2 aliphatic rings. The largest absolute Gasteiger partial charge is 0.381 e. The van der Waals surface area contributed by atoms with Crippen molar-refractivity contribution in [2.75, 3.05) is 26.3 Å². The lowest BCUT2D eigenvalue weighted by molar-refractivity contribution is 0.0698. The van der Waals surface area contributed by atoms with Gasteiger partial charge in [-0.25, -0.2) is 0 Å². The van der Waals surface area contributed by atoms with E-state index in [1.807, 2.05) is 36.1 Å². The SMILES string of the molecule is Cc1ccc(C(=O)N2CCC(NC(=O)c3cn[nH]c3C3CCOC3)CC2)cc1. The Balaban J connectivity index is 1.32.